The van der Waals surface area contributed by atoms with Gasteiger partial charge in [0.1, 0.15) is 0 Å². The topological polar surface area (TPSA) is 18.5 Å². The highest BCUT2D eigenvalue weighted by atomic mass is 16.7. The smallest absolute Gasteiger partial charge is 0.168 e. The predicted molar refractivity (Wildman–Crippen MR) is 67.0 cm³/mol. The first-order chi connectivity index (χ1) is 8.27. The normalized spacial score (nSPS) is 24.3. The summed E-state index contributed by atoms with van der Waals surface area (Å²) < 4.78 is 11.5. The second-order valence-electron chi connectivity index (χ2n) is 5.29. The molecule has 1 saturated carbocycles. The van der Waals surface area contributed by atoms with Gasteiger partial charge < -0.3 is 9.47 Å². The van der Waals surface area contributed by atoms with E-state index < -0.39 is 0 Å². The van der Waals surface area contributed by atoms with Crippen LogP contribution in [0.25, 0.3) is 0 Å². The molecule has 1 aliphatic heterocycles. The van der Waals surface area contributed by atoms with Gasteiger partial charge in [-0.1, -0.05) is 29.8 Å². The number of benzene rings is 1. The number of ether oxygens (including phenoxy) is 2. The Morgan fingerprint density at radius 3 is 2.18 bits per heavy atom. The Balaban J connectivity index is 1.66. The zero-order valence-electron chi connectivity index (χ0n) is 10.4. The molecule has 2 fully saturated rings. The summed E-state index contributed by atoms with van der Waals surface area (Å²) in [6.45, 7) is 3.68. The minimum Gasteiger partial charge on any atom is -0.348 e. The van der Waals surface area contributed by atoms with Crippen molar-refractivity contribution in [2.45, 2.75) is 44.3 Å². The summed E-state index contributed by atoms with van der Waals surface area (Å²) in [5.41, 5.74) is 2.81. The zero-order valence-corrected chi connectivity index (χ0v) is 10.4. The van der Waals surface area contributed by atoms with Crippen LogP contribution in [0.15, 0.2) is 24.3 Å². The highest BCUT2D eigenvalue weighted by molar-refractivity contribution is 5.25. The van der Waals surface area contributed by atoms with Crippen molar-refractivity contribution in [3.63, 3.8) is 0 Å². The van der Waals surface area contributed by atoms with Gasteiger partial charge in [0.15, 0.2) is 5.79 Å². The molecule has 2 heteroatoms. The molecule has 0 radical (unpaired) electrons. The lowest BCUT2D eigenvalue weighted by Crippen LogP contribution is -2.34. The molecular formula is C15H20O2. The molecule has 0 atom stereocenters. The summed E-state index contributed by atoms with van der Waals surface area (Å²) in [5.74, 6) is 0.468. The van der Waals surface area contributed by atoms with E-state index in [-0.39, 0.29) is 5.79 Å². The van der Waals surface area contributed by atoms with Gasteiger partial charge in [-0.2, -0.15) is 0 Å². The van der Waals surface area contributed by atoms with Crippen molar-refractivity contribution >= 4 is 0 Å². The van der Waals surface area contributed by atoms with Gasteiger partial charge in [0, 0.05) is 12.8 Å². The Bertz CT molecular complexity index is 366. The van der Waals surface area contributed by atoms with Gasteiger partial charge in [0.25, 0.3) is 0 Å². The van der Waals surface area contributed by atoms with Crippen LogP contribution in [-0.4, -0.2) is 19.0 Å². The average Bonchev–Trinajstić information content (AvgIpc) is 2.80. The van der Waals surface area contributed by atoms with E-state index in [0.29, 0.717) is 5.92 Å². The molecule has 0 bridgehead atoms. The van der Waals surface area contributed by atoms with E-state index >= 15 is 0 Å². The molecule has 0 aromatic heterocycles. The van der Waals surface area contributed by atoms with Gasteiger partial charge >= 0.3 is 0 Å². The average molecular weight is 232 g/mol. The highest BCUT2D eigenvalue weighted by Gasteiger charge is 2.40. The van der Waals surface area contributed by atoms with Crippen LogP contribution >= 0.6 is 0 Å². The third-order valence-corrected chi connectivity index (χ3v) is 4.11. The van der Waals surface area contributed by atoms with Crippen LogP contribution in [0, 0.1) is 6.92 Å². The Labute approximate surface area is 103 Å². The third-order valence-electron chi connectivity index (χ3n) is 4.11. The van der Waals surface area contributed by atoms with Crippen LogP contribution in [0.3, 0.4) is 0 Å². The molecule has 92 valence electrons. The van der Waals surface area contributed by atoms with Crippen LogP contribution in [0.2, 0.25) is 0 Å². The summed E-state index contributed by atoms with van der Waals surface area (Å²) in [5, 5.41) is 0. The Hall–Kier alpha value is -0.860. The number of hydrogen-bond donors (Lipinski definition) is 0. The molecule has 0 N–H and O–H groups in total. The molecule has 17 heavy (non-hydrogen) atoms. The van der Waals surface area contributed by atoms with Crippen molar-refractivity contribution in [1.29, 1.82) is 0 Å². The van der Waals surface area contributed by atoms with E-state index in [4.69, 9.17) is 9.47 Å². The monoisotopic (exact) mass is 232 g/mol. The van der Waals surface area contributed by atoms with Crippen molar-refractivity contribution in [3.05, 3.63) is 35.4 Å². The van der Waals surface area contributed by atoms with Crippen molar-refractivity contribution in [1.82, 2.24) is 0 Å². The lowest BCUT2D eigenvalue weighted by atomic mass is 9.81. The molecule has 1 aliphatic carbocycles. The SMILES string of the molecule is Cc1ccc(C2CCC3(CC2)OCCO3)cc1. The molecule has 3 rings (SSSR count). The van der Waals surface area contributed by atoms with E-state index in [1.807, 2.05) is 0 Å². The first-order valence-corrected chi connectivity index (χ1v) is 6.62. The van der Waals surface area contributed by atoms with Crippen LogP contribution in [0.5, 0.6) is 0 Å². The lowest BCUT2D eigenvalue weighted by Gasteiger charge is -2.35. The second kappa shape index (κ2) is 4.43. The quantitative estimate of drug-likeness (QED) is 0.739. The van der Waals surface area contributed by atoms with Gasteiger partial charge in [-0.05, 0) is 31.2 Å². The van der Waals surface area contributed by atoms with Crippen LogP contribution in [0.4, 0.5) is 0 Å². The minimum absolute atomic E-state index is 0.221. The molecule has 1 aromatic carbocycles. The molecule has 2 aliphatic rings. The van der Waals surface area contributed by atoms with Gasteiger partial charge in [-0.15, -0.1) is 0 Å². The van der Waals surface area contributed by atoms with E-state index in [1.165, 1.54) is 24.0 Å². The fourth-order valence-corrected chi connectivity index (χ4v) is 3.02. The molecule has 1 heterocycles. The highest BCUT2D eigenvalue weighted by Crippen LogP contribution is 2.42. The van der Waals surface area contributed by atoms with Crippen molar-refractivity contribution in [3.8, 4) is 0 Å². The van der Waals surface area contributed by atoms with E-state index in [9.17, 15) is 0 Å². The molecule has 2 nitrogen and oxygen atoms in total. The maximum atomic E-state index is 5.76. The largest absolute Gasteiger partial charge is 0.348 e. The number of rotatable bonds is 1. The van der Waals surface area contributed by atoms with E-state index in [1.54, 1.807) is 0 Å². The number of hydrogen-bond acceptors (Lipinski definition) is 2. The van der Waals surface area contributed by atoms with Gasteiger partial charge in [-0.3, -0.25) is 0 Å². The Kier molecular flexibility index (Phi) is 2.93. The summed E-state index contributed by atoms with van der Waals surface area (Å²) in [6, 6.07) is 8.97. The van der Waals surface area contributed by atoms with E-state index in [2.05, 4.69) is 31.2 Å². The Morgan fingerprint density at radius 1 is 1.00 bits per heavy atom. The first-order valence-electron chi connectivity index (χ1n) is 6.62. The molecule has 1 aromatic rings. The van der Waals surface area contributed by atoms with Crippen molar-refractivity contribution < 1.29 is 9.47 Å². The molecule has 1 saturated heterocycles. The van der Waals surface area contributed by atoms with Crippen molar-refractivity contribution in [2.75, 3.05) is 13.2 Å². The van der Waals surface area contributed by atoms with Crippen LogP contribution < -0.4 is 0 Å². The molecular weight excluding hydrogens is 212 g/mol. The maximum absolute atomic E-state index is 5.76. The fraction of sp³-hybridized carbons (Fsp3) is 0.600. The molecule has 0 amide bonds. The standard InChI is InChI=1S/C15H20O2/c1-12-2-4-13(5-3-12)14-6-8-15(9-7-14)16-10-11-17-15/h2-5,14H,6-11H2,1H3. The third kappa shape index (κ3) is 2.24. The number of aryl methyl sites for hydroxylation is 1. The maximum Gasteiger partial charge on any atom is 0.168 e. The zero-order chi connectivity index (χ0) is 11.7. The first kappa shape index (κ1) is 11.2. The molecule has 1 spiro atoms. The Morgan fingerprint density at radius 2 is 1.59 bits per heavy atom. The second-order valence-corrected chi connectivity index (χ2v) is 5.29. The lowest BCUT2D eigenvalue weighted by molar-refractivity contribution is -0.178. The molecule has 0 unspecified atom stereocenters. The summed E-state index contributed by atoms with van der Waals surface area (Å²) in [4.78, 5) is 0. The van der Waals surface area contributed by atoms with Gasteiger partial charge in [-0.25, -0.2) is 0 Å². The van der Waals surface area contributed by atoms with Gasteiger partial charge in [0.05, 0.1) is 13.2 Å². The van der Waals surface area contributed by atoms with Gasteiger partial charge in [0.2, 0.25) is 0 Å². The van der Waals surface area contributed by atoms with Crippen LogP contribution in [-0.2, 0) is 9.47 Å². The van der Waals surface area contributed by atoms with Crippen LogP contribution in [0.1, 0.15) is 42.7 Å². The fourth-order valence-electron chi connectivity index (χ4n) is 3.02. The minimum atomic E-state index is -0.221. The summed E-state index contributed by atoms with van der Waals surface area (Å²) in [7, 11) is 0. The summed E-state index contributed by atoms with van der Waals surface area (Å²) in [6.07, 6.45) is 4.46. The van der Waals surface area contributed by atoms with E-state index in [0.717, 1.165) is 26.1 Å². The summed E-state index contributed by atoms with van der Waals surface area (Å²) >= 11 is 0. The van der Waals surface area contributed by atoms with Crippen molar-refractivity contribution in [2.24, 2.45) is 0 Å². The predicted octanol–water partition coefficient (Wildman–Crippen LogP) is 3.40.